The summed E-state index contributed by atoms with van der Waals surface area (Å²) in [5, 5.41) is 11.2. The molecule has 0 saturated carbocycles. The number of methoxy groups -OCH3 is 2. The normalized spacial score (nSPS) is 17.7. The number of aliphatic hydroxyl groups is 1. The van der Waals surface area contributed by atoms with Gasteiger partial charge in [-0.2, -0.15) is 0 Å². The highest BCUT2D eigenvalue weighted by atomic mass is 16.5. The van der Waals surface area contributed by atoms with Crippen LogP contribution < -0.4 is 14.2 Å². The van der Waals surface area contributed by atoms with Gasteiger partial charge in [-0.3, -0.25) is 9.59 Å². The summed E-state index contributed by atoms with van der Waals surface area (Å²) in [7, 11) is 3.00. The van der Waals surface area contributed by atoms with Gasteiger partial charge in [-0.15, -0.1) is 0 Å². The maximum atomic E-state index is 13.1. The van der Waals surface area contributed by atoms with Crippen molar-refractivity contribution in [3.05, 3.63) is 59.2 Å². The molecule has 1 atom stereocenters. The summed E-state index contributed by atoms with van der Waals surface area (Å²) in [6, 6.07) is 11.4. The van der Waals surface area contributed by atoms with Crippen LogP contribution in [0, 0.1) is 0 Å². The van der Waals surface area contributed by atoms with Gasteiger partial charge in [0.25, 0.3) is 11.7 Å². The van der Waals surface area contributed by atoms with Crippen LogP contribution in [-0.2, 0) is 9.59 Å². The summed E-state index contributed by atoms with van der Waals surface area (Å²) in [6.45, 7) is 6.11. The Kier molecular flexibility index (Phi) is 7.08. The maximum absolute atomic E-state index is 13.1. The van der Waals surface area contributed by atoms with Gasteiger partial charge in [0.05, 0.1) is 31.9 Å². The largest absolute Gasteiger partial charge is 0.507 e. The van der Waals surface area contributed by atoms with E-state index in [0.717, 1.165) is 0 Å². The van der Waals surface area contributed by atoms with E-state index in [-0.39, 0.29) is 17.4 Å². The van der Waals surface area contributed by atoms with Gasteiger partial charge in [0, 0.05) is 17.7 Å². The highest BCUT2D eigenvalue weighted by Crippen LogP contribution is 2.43. The number of Topliss-reactive ketones (excluding diaryl/α,β-unsaturated/α-hetero) is 1. The molecule has 2 aromatic carbocycles. The number of hydrogen-bond donors (Lipinski definition) is 1. The van der Waals surface area contributed by atoms with Crippen LogP contribution in [0.5, 0.6) is 17.2 Å². The molecule has 1 N–H and O–H groups in total. The van der Waals surface area contributed by atoms with E-state index in [2.05, 4.69) is 0 Å². The summed E-state index contributed by atoms with van der Waals surface area (Å²) >= 11 is 0. The summed E-state index contributed by atoms with van der Waals surface area (Å²) in [5.74, 6) is -0.184. The Morgan fingerprint density at radius 1 is 1.03 bits per heavy atom. The molecule has 170 valence electrons. The van der Waals surface area contributed by atoms with Crippen LogP contribution in [0.2, 0.25) is 0 Å². The quantitative estimate of drug-likeness (QED) is 0.375. The van der Waals surface area contributed by atoms with Crippen LogP contribution in [0.3, 0.4) is 0 Å². The van der Waals surface area contributed by atoms with Crippen molar-refractivity contribution < 1.29 is 28.9 Å². The zero-order chi connectivity index (χ0) is 23.4. The molecule has 0 aliphatic carbocycles. The molecule has 7 heteroatoms. The molecule has 1 amide bonds. The fourth-order valence-electron chi connectivity index (χ4n) is 3.88. The van der Waals surface area contributed by atoms with Gasteiger partial charge in [-0.1, -0.05) is 25.1 Å². The monoisotopic (exact) mass is 439 g/mol. The molecule has 0 spiro atoms. The zero-order valence-electron chi connectivity index (χ0n) is 19.0. The molecule has 1 aliphatic heterocycles. The van der Waals surface area contributed by atoms with Crippen molar-refractivity contribution in [1.29, 1.82) is 0 Å². The number of nitrogens with zero attached hydrogens (tertiary/aromatic N) is 1. The van der Waals surface area contributed by atoms with Crippen molar-refractivity contribution in [2.45, 2.75) is 39.3 Å². The van der Waals surface area contributed by atoms with Gasteiger partial charge in [-0.05, 0) is 44.5 Å². The minimum absolute atomic E-state index is 0.0236. The van der Waals surface area contributed by atoms with Crippen molar-refractivity contribution in [3.8, 4) is 17.2 Å². The molecule has 1 aliphatic rings. The summed E-state index contributed by atoms with van der Waals surface area (Å²) in [6.07, 6.45) is 0.558. The van der Waals surface area contributed by atoms with E-state index in [1.54, 1.807) is 24.3 Å². The first-order valence-corrected chi connectivity index (χ1v) is 10.6. The van der Waals surface area contributed by atoms with Gasteiger partial charge < -0.3 is 24.2 Å². The first-order chi connectivity index (χ1) is 15.3. The van der Waals surface area contributed by atoms with Crippen molar-refractivity contribution in [2.75, 3.05) is 20.8 Å². The molecule has 1 fully saturated rings. The number of benzene rings is 2. The second-order valence-electron chi connectivity index (χ2n) is 7.77. The standard InChI is InChI=1S/C25H29NO6/c1-6-13-26-22(17-9-7-8-10-18(17)32-15(2)3)21(24(28)25(26)29)23(27)16-11-12-19(30-4)20(14-16)31-5/h7-12,14-15,22,27H,6,13H2,1-5H3/b23-21-. The maximum Gasteiger partial charge on any atom is 0.295 e. The third kappa shape index (κ3) is 4.28. The number of para-hydroxylation sites is 1. The van der Waals surface area contributed by atoms with Crippen molar-refractivity contribution in [1.82, 2.24) is 4.90 Å². The topological polar surface area (TPSA) is 85.3 Å². The molecule has 1 heterocycles. The van der Waals surface area contributed by atoms with E-state index in [1.807, 2.05) is 39.0 Å². The molecule has 7 nitrogen and oxygen atoms in total. The van der Waals surface area contributed by atoms with E-state index in [9.17, 15) is 14.7 Å². The molecule has 1 unspecified atom stereocenters. The minimum atomic E-state index is -0.766. The number of ketones is 1. The molecule has 3 rings (SSSR count). The van der Waals surface area contributed by atoms with Crippen LogP contribution in [-0.4, -0.2) is 48.6 Å². The Labute approximate surface area is 188 Å². The SMILES string of the molecule is CCCN1C(=O)C(=O)/C(=C(\O)c2ccc(OC)c(OC)c2)C1c1ccccc1OC(C)C. The predicted octanol–water partition coefficient (Wildman–Crippen LogP) is 4.32. The third-order valence-corrected chi connectivity index (χ3v) is 5.24. The number of likely N-dealkylation sites (tertiary alicyclic amines) is 1. The number of aliphatic hydroxyl groups excluding tert-OH is 1. The fraction of sp³-hybridized carbons (Fsp3) is 0.360. The Hall–Kier alpha value is -3.48. The van der Waals surface area contributed by atoms with Crippen LogP contribution in [0.1, 0.15) is 44.4 Å². The van der Waals surface area contributed by atoms with Crippen molar-refractivity contribution in [2.24, 2.45) is 0 Å². The van der Waals surface area contributed by atoms with Crippen LogP contribution in [0.4, 0.5) is 0 Å². The Balaban J connectivity index is 2.23. The number of hydrogen-bond acceptors (Lipinski definition) is 6. The summed E-state index contributed by atoms with van der Waals surface area (Å²) in [4.78, 5) is 27.5. The lowest BCUT2D eigenvalue weighted by Gasteiger charge is -2.27. The van der Waals surface area contributed by atoms with Gasteiger partial charge in [0.2, 0.25) is 0 Å². The van der Waals surface area contributed by atoms with E-state index in [1.165, 1.54) is 19.1 Å². The first-order valence-electron chi connectivity index (χ1n) is 10.6. The number of amides is 1. The van der Waals surface area contributed by atoms with Crippen LogP contribution in [0.15, 0.2) is 48.0 Å². The molecule has 0 bridgehead atoms. The second-order valence-corrected chi connectivity index (χ2v) is 7.77. The second kappa shape index (κ2) is 9.77. The van der Waals surface area contributed by atoms with Gasteiger partial charge in [-0.25, -0.2) is 0 Å². The average molecular weight is 440 g/mol. The van der Waals surface area contributed by atoms with Crippen LogP contribution in [0.25, 0.3) is 5.76 Å². The van der Waals surface area contributed by atoms with Crippen molar-refractivity contribution in [3.63, 3.8) is 0 Å². The number of carbonyl (C=O) groups excluding carboxylic acids is 2. The highest BCUT2D eigenvalue weighted by molar-refractivity contribution is 6.46. The van der Waals surface area contributed by atoms with E-state index < -0.39 is 17.7 Å². The number of rotatable bonds is 8. The molecule has 2 aromatic rings. The number of carbonyl (C=O) groups is 2. The fourth-order valence-corrected chi connectivity index (χ4v) is 3.88. The van der Waals surface area contributed by atoms with E-state index >= 15 is 0 Å². The predicted molar refractivity (Wildman–Crippen MR) is 121 cm³/mol. The molecule has 32 heavy (non-hydrogen) atoms. The lowest BCUT2D eigenvalue weighted by atomic mass is 9.94. The smallest absolute Gasteiger partial charge is 0.295 e. The van der Waals surface area contributed by atoms with Crippen molar-refractivity contribution >= 4 is 17.4 Å². The molecular formula is C25H29NO6. The van der Waals surface area contributed by atoms with Gasteiger partial charge >= 0.3 is 0 Å². The molecule has 0 radical (unpaired) electrons. The molecule has 1 saturated heterocycles. The van der Waals surface area contributed by atoms with E-state index in [0.29, 0.717) is 41.3 Å². The minimum Gasteiger partial charge on any atom is -0.507 e. The summed E-state index contributed by atoms with van der Waals surface area (Å²) < 4.78 is 16.6. The van der Waals surface area contributed by atoms with E-state index in [4.69, 9.17) is 14.2 Å². The van der Waals surface area contributed by atoms with Gasteiger partial charge in [0.1, 0.15) is 11.5 Å². The Morgan fingerprint density at radius 3 is 2.34 bits per heavy atom. The summed E-state index contributed by atoms with van der Waals surface area (Å²) in [5.41, 5.74) is 1.02. The highest BCUT2D eigenvalue weighted by Gasteiger charge is 2.46. The number of ether oxygens (including phenoxy) is 3. The lowest BCUT2D eigenvalue weighted by molar-refractivity contribution is -0.139. The third-order valence-electron chi connectivity index (χ3n) is 5.24. The first kappa shape index (κ1) is 23.2. The van der Waals surface area contributed by atoms with Crippen LogP contribution >= 0.6 is 0 Å². The Bertz CT molecular complexity index is 1040. The molecule has 0 aromatic heterocycles. The zero-order valence-corrected chi connectivity index (χ0v) is 19.0. The lowest BCUT2D eigenvalue weighted by Crippen LogP contribution is -2.30. The van der Waals surface area contributed by atoms with Gasteiger partial charge in [0.15, 0.2) is 11.5 Å². The average Bonchev–Trinajstić information content (AvgIpc) is 3.03. The Morgan fingerprint density at radius 2 is 1.72 bits per heavy atom. The molecular weight excluding hydrogens is 410 g/mol.